The zero-order chi connectivity index (χ0) is 21.6. The molecule has 2 aromatic carbocycles. The van der Waals surface area contributed by atoms with Gasteiger partial charge < -0.3 is 4.90 Å². The number of nitrogens with zero attached hydrogens (tertiary/aromatic N) is 3. The summed E-state index contributed by atoms with van der Waals surface area (Å²) in [5.74, 6) is 0. The van der Waals surface area contributed by atoms with Crippen LogP contribution in [-0.2, 0) is 10.0 Å². The van der Waals surface area contributed by atoms with Crippen LogP contribution < -0.4 is 9.62 Å². The van der Waals surface area contributed by atoms with Crippen molar-refractivity contribution in [2.75, 3.05) is 29.8 Å². The van der Waals surface area contributed by atoms with Gasteiger partial charge in [-0.25, -0.2) is 13.2 Å². The fourth-order valence-corrected chi connectivity index (χ4v) is 5.75. The van der Waals surface area contributed by atoms with Crippen LogP contribution in [0.25, 0.3) is 10.9 Å². The van der Waals surface area contributed by atoms with Gasteiger partial charge in [0.05, 0.1) is 26.9 Å². The molecule has 30 heavy (non-hydrogen) atoms. The van der Waals surface area contributed by atoms with Gasteiger partial charge >= 0.3 is 6.03 Å². The number of amides is 2. The zero-order valence-corrected chi connectivity index (χ0v) is 18.5. The first-order chi connectivity index (χ1) is 14.2. The van der Waals surface area contributed by atoms with Gasteiger partial charge in [0.15, 0.2) is 0 Å². The Morgan fingerprint density at radius 2 is 1.73 bits per heavy atom. The highest BCUT2D eigenvalue weighted by Crippen LogP contribution is 2.36. The molecule has 1 aliphatic heterocycles. The van der Waals surface area contributed by atoms with Gasteiger partial charge in [0.2, 0.25) is 0 Å². The number of likely N-dealkylation sites (N-methyl/N-ethyl adjacent to an activating group) is 1. The van der Waals surface area contributed by atoms with Crippen LogP contribution in [0.15, 0.2) is 47.5 Å². The normalized spacial score (nSPS) is 14.6. The van der Waals surface area contributed by atoms with Crippen molar-refractivity contribution in [3.05, 3.63) is 58.2 Å². The van der Waals surface area contributed by atoms with E-state index in [1.807, 2.05) is 13.0 Å². The molecule has 10 heteroatoms. The number of halogens is 2. The molecule has 2 amide bonds. The van der Waals surface area contributed by atoms with Crippen molar-refractivity contribution in [1.82, 2.24) is 9.88 Å². The number of aryl methyl sites for hydroxylation is 1. The number of rotatable bonds is 4. The number of sulfonamides is 1. The van der Waals surface area contributed by atoms with E-state index in [0.717, 1.165) is 5.56 Å². The molecule has 0 unspecified atom stereocenters. The number of para-hydroxylation sites is 1. The molecule has 0 aliphatic carbocycles. The smallest absolute Gasteiger partial charge is 0.324 e. The Balaban J connectivity index is 1.84. The molecule has 4 rings (SSSR count). The molecule has 1 aliphatic rings. The van der Waals surface area contributed by atoms with E-state index in [1.54, 1.807) is 41.2 Å². The first kappa shape index (κ1) is 20.7. The third-order valence-corrected chi connectivity index (χ3v) is 7.29. The number of carbonyl (C=O) groups excluding carboxylic acids is 1. The number of anilines is 2. The second-order valence-corrected chi connectivity index (χ2v) is 9.44. The van der Waals surface area contributed by atoms with Gasteiger partial charge in [-0.15, -0.1) is 0 Å². The SMILES string of the molecule is Cc1cnc2c(NS(=O)(=O)c3c(Cl)cccc3Cl)cccc2c1N1CCN(C)C1=O. The molecular formula is C20H18Cl2N4O3S. The number of aromatic nitrogens is 1. The second-order valence-electron chi connectivity index (χ2n) is 7.00. The minimum atomic E-state index is -4.07. The van der Waals surface area contributed by atoms with Crippen LogP contribution in [0.4, 0.5) is 16.2 Å². The maximum absolute atomic E-state index is 13.0. The molecule has 0 bridgehead atoms. The van der Waals surface area contributed by atoms with Crippen LogP contribution in [0, 0.1) is 6.92 Å². The van der Waals surface area contributed by atoms with E-state index >= 15 is 0 Å². The van der Waals surface area contributed by atoms with Crippen molar-refractivity contribution >= 4 is 61.5 Å². The summed E-state index contributed by atoms with van der Waals surface area (Å²) in [4.78, 5) is 20.1. The van der Waals surface area contributed by atoms with Gasteiger partial charge in [0.25, 0.3) is 10.0 Å². The molecule has 1 N–H and O–H groups in total. The predicted octanol–water partition coefficient (Wildman–Crippen LogP) is 4.52. The van der Waals surface area contributed by atoms with Gasteiger partial charge in [-0.3, -0.25) is 14.6 Å². The molecule has 1 saturated heterocycles. The van der Waals surface area contributed by atoms with E-state index in [9.17, 15) is 13.2 Å². The maximum atomic E-state index is 13.0. The molecule has 0 saturated carbocycles. The van der Waals surface area contributed by atoms with Crippen LogP contribution >= 0.6 is 23.2 Å². The first-order valence-electron chi connectivity index (χ1n) is 9.08. The number of benzene rings is 2. The third kappa shape index (κ3) is 3.45. The number of pyridine rings is 1. The quantitative estimate of drug-likeness (QED) is 0.614. The van der Waals surface area contributed by atoms with Gasteiger partial charge in [-0.1, -0.05) is 41.4 Å². The van der Waals surface area contributed by atoms with Gasteiger partial charge in [-0.2, -0.15) is 0 Å². The van der Waals surface area contributed by atoms with Crippen LogP contribution in [0.3, 0.4) is 0 Å². The minimum absolute atomic E-state index is 0.0189. The first-order valence-corrected chi connectivity index (χ1v) is 11.3. The average Bonchev–Trinajstić information content (AvgIpc) is 3.00. The fraction of sp³-hybridized carbons (Fsp3) is 0.200. The van der Waals surface area contributed by atoms with E-state index in [1.165, 1.54) is 12.1 Å². The van der Waals surface area contributed by atoms with Crippen molar-refractivity contribution < 1.29 is 13.2 Å². The summed E-state index contributed by atoms with van der Waals surface area (Å²) in [5, 5.41) is 0.708. The molecule has 0 radical (unpaired) electrons. The van der Waals surface area contributed by atoms with Crippen LogP contribution in [0.1, 0.15) is 5.56 Å². The van der Waals surface area contributed by atoms with E-state index in [4.69, 9.17) is 23.2 Å². The number of carbonyl (C=O) groups is 1. The van der Waals surface area contributed by atoms with Crippen molar-refractivity contribution in [3.8, 4) is 0 Å². The minimum Gasteiger partial charge on any atom is -0.326 e. The van der Waals surface area contributed by atoms with E-state index in [-0.39, 0.29) is 26.7 Å². The maximum Gasteiger partial charge on any atom is 0.324 e. The molecule has 156 valence electrons. The molecule has 3 aromatic rings. The Hall–Kier alpha value is -2.55. The number of fused-ring (bicyclic) bond motifs is 1. The average molecular weight is 465 g/mol. The lowest BCUT2D eigenvalue weighted by atomic mass is 10.1. The lowest BCUT2D eigenvalue weighted by Gasteiger charge is -2.21. The molecule has 1 aromatic heterocycles. The summed E-state index contributed by atoms with van der Waals surface area (Å²) in [7, 11) is -2.33. The fourth-order valence-electron chi connectivity index (χ4n) is 3.54. The summed E-state index contributed by atoms with van der Waals surface area (Å²) in [6, 6.07) is 9.51. The summed E-state index contributed by atoms with van der Waals surface area (Å²) in [5.41, 5.74) is 2.23. The number of hydrogen-bond donors (Lipinski definition) is 1. The van der Waals surface area contributed by atoms with Crippen LogP contribution in [0.2, 0.25) is 10.0 Å². The van der Waals surface area contributed by atoms with Crippen molar-refractivity contribution in [2.24, 2.45) is 0 Å². The molecule has 0 atom stereocenters. The predicted molar refractivity (Wildman–Crippen MR) is 119 cm³/mol. The number of hydrogen-bond acceptors (Lipinski definition) is 4. The molecule has 1 fully saturated rings. The Morgan fingerprint density at radius 3 is 2.37 bits per heavy atom. The van der Waals surface area contributed by atoms with Crippen molar-refractivity contribution in [1.29, 1.82) is 0 Å². The Labute approximate surface area is 184 Å². The Morgan fingerprint density at radius 1 is 1.07 bits per heavy atom. The summed E-state index contributed by atoms with van der Waals surface area (Å²) in [6.45, 7) is 3.02. The highest BCUT2D eigenvalue weighted by molar-refractivity contribution is 7.93. The topological polar surface area (TPSA) is 82.6 Å². The molecule has 7 nitrogen and oxygen atoms in total. The van der Waals surface area contributed by atoms with E-state index < -0.39 is 10.0 Å². The molecular weight excluding hydrogens is 447 g/mol. The Bertz CT molecular complexity index is 1260. The summed E-state index contributed by atoms with van der Waals surface area (Å²) < 4.78 is 28.6. The van der Waals surface area contributed by atoms with E-state index in [0.29, 0.717) is 29.7 Å². The van der Waals surface area contributed by atoms with Gasteiger partial charge in [0.1, 0.15) is 4.90 Å². The van der Waals surface area contributed by atoms with Gasteiger partial charge in [0, 0.05) is 31.7 Å². The summed E-state index contributed by atoms with van der Waals surface area (Å²) >= 11 is 12.2. The third-order valence-electron chi connectivity index (χ3n) is 4.97. The zero-order valence-electron chi connectivity index (χ0n) is 16.2. The van der Waals surface area contributed by atoms with Crippen LogP contribution in [0.5, 0.6) is 0 Å². The highest BCUT2D eigenvalue weighted by Gasteiger charge is 2.30. The summed E-state index contributed by atoms with van der Waals surface area (Å²) in [6.07, 6.45) is 1.63. The van der Waals surface area contributed by atoms with Gasteiger partial charge in [-0.05, 0) is 30.7 Å². The standard InChI is InChI=1S/C20H18Cl2N4O3S/c1-12-11-23-17-13(18(12)26-10-9-25(2)20(26)27)5-3-8-16(17)24-30(28,29)19-14(21)6-4-7-15(19)22/h3-8,11,24H,9-10H2,1-2H3. The highest BCUT2D eigenvalue weighted by atomic mass is 35.5. The number of urea groups is 1. The van der Waals surface area contributed by atoms with Crippen molar-refractivity contribution in [2.45, 2.75) is 11.8 Å². The van der Waals surface area contributed by atoms with Crippen molar-refractivity contribution in [3.63, 3.8) is 0 Å². The monoisotopic (exact) mass is 464 g/mol. The number of nitrogens with one attached hydrogen (secondary N) is 1. The van der Waals surface area contributed by atoms with Crippen LogP contribution in [-0.4, -0.2) is 44.5 Å². The largest absolute Gasteiger partial charge is 0.326 e. The lowest BCUT2D eigenvalue weighted by Crippen LogP contribution is -2.30. The lowest BCUT2D eigenvalue weighted by molar-refractivity contribution is 0.229. The Kier molecular flexibility index (Phi) is 5.25. The molecule has 2 heterocycles. The second kappa shape index (κ2) is 7.61. The molecule has 0 spiro atoms. The van der Waals surface area contributed by atoms with E-state index in [2.05, 4.69) is 9.71 Å².